The Hall–Kier alpha value is -1.30. The van der Waals surface area contributed by atoms with Gasteiger partial charge in [0.1, 0.15) is 6.04 Å². The highest BCUT2D eigenvalue weighted by Gasteiger charge is 2.33. The monoisotopic (exact) mass is 285 g/mol. The third-order valence-corrected chi connectivity index (χ3v) is 4.13. The van der Waals surface area contributed by atoms with Gasteiger partial charge < -0.3 is 21.5 Å². The summed E-state index contributed by atoms with van der Waals surface area (Å²) < 4.78 is 0. The Kier molecular flexibility index (Phi) is 6.26. The second-order valence-electron chi connectivity index (χ2n) is 6.17. The van der Waals surface area contributed by atoms with Gasteiger partial charge in [0.2, 0.25) is 5.91 Å². The van der Waals surface area contributed by atoms with Gasteiger partial charge in [0, 0.05) is 12.0 Å². The molecule has 0 radical (unpaired) electrons. The smallest absolute Gasteiger partial charge is 0.312 e. The first-order valence-corrected chi connectivity index (χ1v) is 7.35. The van der Waals surface area contributed by atoms with Gasteiger partial charge in [-0.15, -0.1) is 0 Å². The van der Waals surface area contributed by atoms with Crippen molar-refractivity contribution in [3.8, 4) is 0 Å². The Morgan fingerprint density at radius 3 is 2.30 bits per heavy atom. The summed E-state index contributed by atoms with van der Waals surface area (Å²) in [6.07, 6.45) is 5.22. The first-order valence-electron chi connectivity index (χ1n) is 7.35. The van der Waals surface area contributed by atoms with Crippen LogP contribution in [-0.4, -0.2) is 36.2 Å². The lowest BCUT2D eigenvalue weighted by atomic mass is 9.74. The fraction of sp³-hybridized carbons (Fsp3) is 0.857. The van der Waals surface area contributed by atoms with Crippen LogP contribution in [0, 0.1) is 11.3 Å². The average molecular weight is 285 g/mol. The van der Waals surface area contributed by atoms with Crippen LogP contribution < -0.4 is 16.4 Å². The predicted octanol–water partition coefficient (Wildman–Crippen LogP) is 0.738. The Morgan fingerprint density at radius 2 is 1.85 bits per heavy atom. The van der Waals surface area contributed by atoms with E-state index in [-0.39, 0.29) is 23.8 Å². The van der Waals surface area contributed by atoms with Crippen LogP contribution in [0.1, 0.15) is 46.0 Å². The number of carbonyl (C=O) groups excluding carboxylic acids is 2. The van der Waals surface area contributed by atoms with Crippen molar-refractivity contribution in [1.82, 2.24) is 10.6 Å². The summed E-state index contributed by atoms with van der Waals surface area (Å²) in [5, 5.41) is 14.9. The molecule has 1 unspecified atom stereocenters. The number of nitrogens with two attached hydrogens (primary N) is 1. The third kappa shape index (κ3) is 4.67. The second-order valence-corrected chi connectivity index (χ2v) is 6.17. The predicted molar refractivity (Wildman–Crippen MR) is 77.0 cm³/mol. The molecule has 3 amide bonds. The van der Waals surface area contributed by atoms with E-state index in [0.29, 0.717) is 6.54 Å². The van der Waals surface area contributed by atoms with E-state index >= 15 is 0 Å². The molecule has 1 fully saturated rings. The highest BCUT2D eigenvalue weighted by atomic mass is 16.3. The largest absolute Gasteiger partial charge is 0.396 e. The number of hydrogen-bond acceptors (Lipinski definition) is 3. The van der Waals surface area contributed by atoms with Crippen molar-refractivity contribution >= 4 is 11.9 Å². The zero-order chi connectivity index (χ0) is 15.2. The molecule has 6 heteroatoms. The fourth-order valence-corrected chi connectivity index (χ4v) is 2.77. The highest BCUT2D eigenvalue weighted by molar-refractivity contribution is 5.86. The number of primary amides is 1. The number of carbonyl (C=O) groups is 2. The van der Waals surface area contributed by atoms with Crippen molar-refractivity contribution in [2.45, 2.75) is 52.0 Å². The molecule has 0 saturated heterocycles. The molecule has 1 saturated carbocycles. The number of aliphatic hydroxyl groups is 1. The van der Waals surface area contributed by atoms with Crippen LogP contribution in [0.25, 0.3) is 0 Å². The van der Waals surface area contributed by atoms with Gasteiger partial charge >= 0.3 is 6.03 Å². The maximum absolute atomic E-state index is 12.2. The number of urea groups is 1. The van der Waals surface area contributed by atoms with Crippen molar-refractivity contribution in [3.63, 3.8) is 0 Å². The Labute approximate surface area is 120 Å². The van der Waals surface area contributed by atoms with Gasteiger partial charge in [0.25, 0.3) is 0 Å². The molecule has 0 aromatic carbocycles. The number of rotatable bonds is 6. The van der Waals surface area contributed by atoms with Crippen LogP contribution in [0.15, 0.2) is 0 Å². The van der Waals surface area contributed by atoms with Crippen molar-refractivity contribution in [2.24, 2.45) is 17.1 Å². The van der Waals surface area contributed by atoms with E-state index in [9.17, 15) is 14.7 Å². The number of aliphatic hydroxyl groups excluding tert-OH is 1. The first kappa shape index (κ1) is 16.8. The maximum atomic E-state index is 12.2. The van der Waals surface area contributed by atoms with Gasteiger partial charge in [0.15, 0.2) is 0 Å². The van der Waals surface area contributed by atoms with Crippen molar-refractivity contribution in [3.05, 3.63) is 0 Å². The van der Waals surface area contributed by atoms with E-state index in [1.54, 1.807) is 0 Å². The van der Waals surface area contributed by atoms with Crippen LogP contribution >= 0.6 is 0 Å². The second kappa shape index (κ2) is 7.47. The molecule has 116 valence electrons. The summed E-state index contributed by atoms with van der Waals surface area (Å²) in [7, 11) is 0. The summed E-state index contributed by atoms with van der Waals surface area (Å²) in [4.78, 5) is 23.1. The van der Waals surface area contributed by atoms with E-state index in [1.165, 1.54) is 6.42 Å². The molecule has 5 N–H and O–H groups in total. The molecule has 1 aliphatic carbocycles. The molecule has 1 rings (SSSR count). The minimum atomic E-state index is -0.701. The highest BCUT2D eigenvalue weighted by Crippen LogP contribution is 2.35. The summed E-state index contributed by atoms with van der Waals surface area (Å²) in [6.45, 7) is 4.24. The van der Waals surface area contributed by atoms with Crippen LogP contribution in [0.3, 0.4) is 0 Å². The Morgan fingerprint density at radius 1 is 1.25 bits per heavy atom. The normalized spacial score (nSPS) is 19.4. The molecule has 0 aliphatic heterocycles. The van der Waals surface area contributed by atoms with Gasteiger partial charge in [-0.1, -0.05) is 33.1 Å². The minimum Gasteiger partial charge on any atom is -0.396 e. The van der Waals surface area contributed by atoms with Crippen molar-refractivity contribution in [2.75, 3.05) is 13.2 Å². The minimum absolute atomic E-state index is 0.0427. The summed E-state index contributed by atoms with van der Waals surface area (Å²) in [5.74, 6) is -0.281. The van der Waals surface area contributed by atoms with E-state index in [4.69, 9.17) is 5.73 Å². The standard InChI is InChI=1S/C14H27N3O3/c1-10(2)11(17-13(15)20)12(19)16-8-14(9-18)6-4-3-5-7-14/h10-11,18H,3-9H2,1-2H3,(H,16,19)(H3,15,17,20). The van der Waals surface area contributed by atoms with Gasteiger partial charge in [0.05, 0.1) is 6.61 Å². The Balaban J connectivity index is 2.56. The van der Waals surface area contributed by atoms with Gasteiger partial charge in [-0.25, -0.2) is 4.79 Å². The van der Waals surface area contributed by atoms with Gasteiger partial charge in [-0.3, -0.25) is 4.79 Å². The first-order chi connectivity index (χ1) is 9.40. The molecule has 0 bridgehead atoms. The fourth-order valence-electron chi connectivity index (χ4n) is 2.77. The lowest BCUT2D eigenvalue weighted by Crippen LogP contribution is -2.53. The summed E-state index contributed by atoms with van der Waals surface area (Å²) >= 11 is 0. The number of hydrogen-bond donors (Lipinski definition) is 4. The topological polar surface area (TPSA) is 104 Å². The molecule has 0 heterocycles. The molecule has 1 atom stereocenters. The molecule has 0 aromatic rings. The van der Waals surface area contributed by atoms with E-state index in [1.807, 2.05) is 13.8 Å². The molecular formula is C14H27N3O3. The lowest BCUT2D eigenvalue weighted by Gasteiger charge is -2.36. The summed E-state index contributed by atoms with van der Waals surface area (Å²) in [6, 6.07) is -1.33. The third-order valence-electron chi connectivity index (χ3n) is 4.13. The molecule has 6 nitrogen and oxygen atoms in total. The SMILES string of the molecule is CC(C)C(NC(N)=O)C(=O)NCC1(CO)CCCCC1. The van der Waals surface area contributed by atoms with E-state index in [0.717, 1.165) is 25.7 Å². The zero-order valence-corrected chi connectivity index (χ0v) is 12.4. The van der Waals surface area contributed by atoms with Crippen LogP contribution in [-0.2, 0) is 4.79 Å². The van der Waals surface area contributed by atoms with Crippen LogP contribution in [0.4, 0.5) is 4.79 Å². The molecule has 0 spiro atoms. The van der Waals surface area contributed by atoms with Gasteiger partial charge in [-0.2, -0.15) is 0 Å². The van der Waals surface area contributed by atoms with Crippen molar-refractivity contribution < 1.29 is 14.7 Å². The van der Waals surface area contributed by atoms with Crippen LogP contribution in [0.5, 0.6) is 0 Å². The Bertz CT molecular complexity index is 339. The molecule has 20 heavy (non-hydrogen) atoms. The number of amides is 3. The summed E-state index contributed by atoms with van der Waals surface area (Å²) in [5.41, 5.74) is 4.88. The van der Waals surface area contributed by atoms with Crippen molar-refractivity contribution in [1.29, 1.82) is 0 Å². The molecular weight excluding hydrogens is 258 g/mol. The molecule has 1 aliphatic rings. The maximum Gasteiger partial charge on any atom is 0.312 e. The quantitative estimate of drug-likeness (QED) is 0.578. The zero-order valence-electron chi connectivity index (χ0n) is 12.4. The number of nitrogens with one attached hydrogen (secondary N) is 2. The van der Waals surface area contributed by atoms with Crippen LogP contribution in [0.2, 0.25) is 0 Å². The lowest BCUT2D eigenvalue weighted by molar-refractivity contribution is -0.124. The average Bonchev–Trinajstić information content (AvgIpc) is 2.42. The van der Waals surface area contributed by atoms with E-state index < -0.39 is 12.1 Å². The van der Waals surface area contributed by atoms with Gasteiger partial charge in [-0.05, 0) is 18.8 Å². The van der Waals surface area contributed by atoms with E-state index in [2.05, 4.69) is 10.6 Å². The molecule has 0 aromatic heterocycles.